The van der Waals surface area contributed by atoms with Crippen molar-refractivity contribution in [3.63, 3.8) is 0 Å². The number of nitrogens with zero attached hydrogens (tertiary/aromatic N) is 2. The molecule has 0 fully saturated rings. The summed E-state index contributed by atoms with van der Waals surface area (Å²) < 4.78 is 0. The van der Waals surface area contributed by atoms with Crippen LogP contribution in [-0.2, 0) is 0 Å². The molecule has 2 aromatic rings. The van der Waals surface area contributed by atoms with Gasteiger partial charge >= 0.3 is 0 Å². The summed E-state index contributed by atoms with van der Waals surface area (Å²) >= 11 is 0. The maximum Gasteiger partial charge on any atom is 0.177 e. The summed E-state index contributed by atoms with van der Waals surface area (Å²) in [5.41, 5.74) is 1.79. The molecule has 0 aliphatic heterocycles. The fourth-order valence-corrected chi connectivity index (χ4v) is 0.965. The highest BCUT2D eigenvalue weighted by molar-refractivity contribution is 5.69. The molecule has 0 aliphatic carbocycles. The lowest BCUT2D eigenvalue weighted by Crippen LogP contribution is -1.72. The zero-order valence-electron chi connectivity index (χ0n) is 7.63. The predicted octanol–water partition coefficient (Wildman–Crippen LogP) is 2.54. The smallest absolute Gasteiger partial charge is 0.177 e. The summed E-state index contributed by atoms with van der Waals surface area (Å²) in [5, 5.41) is 0. The number of imidazole rings is 1. The van der Waals surface area contributed by atoms with Crippen molar-refractivity contribution >= 4 is 11.2 Å². The minimum atomic E-state index is 0. The molecule has 0 amide bonds. The Morgan fingerprint density at radius 1 is 1.42 bits per heavy atom. The van der Waals surface area contributed by atoms with E-state index >= 15 is 0 Å². The number of pyridine rings is 1. The van der Waals surface area contributed by atoms with Crippen molar-refractivity contribution in [1.29, 1.82) is 0 Å². The van der Waals surface area contributed by atoms with E-state index in [4.69, 9.17) is 0 Å². The SMILES string of the molecule is CC.Cc1nc2ncccc2[nH]1.[HH]. The second kappa shape index (κ2) is 3.85. The van der Waals surface area contributed by atoms with Gasteiger partial charge in [-0.05, 0) is 19.1 Å². The monoisotopic (exact) mass is 165 g/mol. The van der Waals surface area contributed by atoms with Crippen LogP contribution >= 0.6 is 0 Å². The molecule has 0 spiro atoms. The molecule has 0 aliphatic rings. The van der Waals surface area contributed by atoms with E-state index in [1.165, 1.54) is 0 Å². The molecule has 3 heteroatoms. The fourth-order valence-electron chi connectivity index (χ4n) is 0.965. The van der Waals surface area contributed by atoms with Crippen LogP contribution in [0.25, 0.3) is 11.2 Å². The van der Waals surface area contributed by atoms with Crippen molar-refractivity contribution in [2.75, 3.05) is 0 Å². The molecule has 0 saturated heterocycles. The van der Waals surface area contributed by atoms with Crippen molar-refractivity contribution in [3.8, 4) is 0 Å². The molecule has 3 nitrogen and oxygen atoms in total. The third kappa shape index (κ3) is 1.61. The number of fused-ring (bicyclic) bond motifs is 1. The van der Waals surface area contributed by atoms with E-state index in [1.54, 1.807) is 6.20 Å². The normalized spacial score (nSPS) is 9.25. The molecular formula is C9H15N3. The number of aromatic amines is 1. The first-order valence-corrected chi connectivity index (χ1v) is 4.13. The van der Waals surface area contributed by atoms with Gasteiger partial charge in [-0.15, -0.1) is 0 Å². The van der Waals surface area contributed by atoms with Crippen molar-refractivity contribution in [1.82, 2.24) is 15.0 Å². The van der Waals surface area contributed by atoms with Gasteiger partial charge in [0.25, 0.3) is 0 Å². The Labute approximate surface area is 73.3 Å². The minimum absolute atomic E-state index is 0. The molecule has 66 valence electrons. The molecule has 2 aromatic heterocycles. The lowest BCUT2D eigenvalue weighted by molar-refractivity contribution is 1.16. The highest BCUT2D eigenvalue weighted by Crippen LogP contribution is 2.05. The van der Waals surface area contributed by atoms with Gasteiger partial charge in [-0.25, -0.2) is 9.97 Å². The molecular weight excluding hydrogens is 150 g/mol. The standard InChI is InChI=1S/C7H7N3.C2H6.H2/c1-5-9-6-3-2-4-8-7(6)10-5;1-2;/h2-4H,1H3,(H,8,9,10);1-2H3;1H. The third-order valence-electron chi connectivity index (χ3n) is 1.38. The molecule has 0 radical (unpaired) electrons. The average Bonchev–Trinajstić information content (AvgIpc) is 2.48. The average molecular weight is 165 g/mol. The van der Waals surface area contributed by atoms with Crippen molar-refractivity contribution in [3.05, 3.63) is 24.2 Å². The van der Waals surface area contributed by atoms with E-state index < -0.39 is 0 Å². The Morgan fingerprint density at radius 2 is 2.17 bits per heavy atom. The molecule has 12 heavy (non-hydrogen) atoms. The molecule has 2 rings (SSSR count). The third-order valence-corrected chi connectivity index (χ3v) is 1.38. The van der Waals surface area contributed by atoms with Gasteiger partial charge in [0, 0.05) is 7.62 Å². The van der Waals surface area contributed by atoms with Gasteiger partial charge in [0.15, 0.2) is 5.65 Å². The Hall–Kier alpha value is -1.38. The summed E-state index contributed by atoms with van der Waals surface area (Å²) in [6.07, 6.45) is 1.74. The first kappa shape index (κ1) is 8.71. The van der Waals surface area contributed by atoms with Crippen LogP contribution in [0.4, 0.5) is 0 Å². The number of H-pyrrole nitrogens is 1. The Bertz CT molecular complexity index is 323. The van der Waals surface area contributed by atoms with Crippen LogP contribution in [0.15, 0.2) is 18.3 Å². The molecule has 0 unspecified atom stereocenters. The number of rotatable bonds is 0. The molecule has 0 aromatic carbocycles. The highest BCUT2D eigenvalue weighted by atomic mass is 15.0. The van der Waals surface area contributed by atoms with E-state index in [0.717, 1.165) is 17.0 Å². The van der Waals surface area contributed by atoms with Crippen molar-refractivity contribution in [2.45, 2.75) is 20.8 Å². The minimum Gasteiger partial charge on any atom is -0.341 e. The van der Waals surface area contributed by atoms with Crippen LogP contribution in [0.2, 0.25) is 0 Å². The summed E-state index contributed by atoms with van der Waals surface area (Å²) in [6, 6.07) is 3.85. The largest absolute Gasteiger partial charge is 0.341 e. The van der Waals surface area contributed by atoms with Gasteiger partial charge in [0.05, 0.1) is 5.52 Å². The molecule has 0 atom stereocenters. The number of aryl methyl sites for hydroxylation is 1. The van der Waals surface area contributed by atoms with Crippen LogP contribution in [0.5, 0.6) is 0 Å². The van der Waals surface area contributed by atoms with Crippen LogP contribution in [0.3, 0.4) is 0 Å². The maximum atomic E-state index is 4.15. The van der Waals surface area contributed by atoms with Gasteiger partial charge in [0.2, 0.25) is 0 Å². The van der Waals surface area contributed by atoms with Gasteiger partial charge in [-0.2, -0.15) is 0 Å². The van der Waals surface area contributed by atoms with Gasteiger partial charge in [-0.3, -0.25) is 0 Å². The van der Waals surface area contributed by atoms with E-state index in [1.807, 2.05) is 32.9 Å². The molecule has 0 saturated carbocycles. The molecule has 2 heterocycles. The van der Waals surface area contributed by atoms with Gasteiger partial charge < -0.3 is 4.98 Å². The summed E-state index contributed by atoms with van der Waals surface area (Å²) in [7, 11) is 0. The summed E-state index contributed by atoms with van der Waals surface area (Å²) in [6.45, 7) is 5.92. The molecule has 0 bridgehead atoms. The lowest BCUT2D eigenvalue weighted by Gasteiger charge is -1.80. The first-order valence-electron chi connectivity index (χ1n) is 4.13. The van der Waals surface area contributed by atoms with E-state index in [0.29, 0.717) is 0 Å². The van der Waals surface area contributed by atoms with Crippen LogP contribution in [0.1, 0.15) is 21.1 Å². The van der Waals surface area contributed by atoms with Gasteiger partial charge in [0.1, 0.15) is 5.82 Å². The van der Waals surface area contributed by atoms with Crippen LogP contribution < -0.4 is 0 Å². The number of nitrogens with one attached hydrogen (secondary N) is 1. The topological polar surface area (TPSA) is 41.6 Å². The van der Waals surface area contributed by atoms with Gasteiger partial charge in [-0.1, -0.05) is 13.8 Å². The van der Waals surface area contributed by atoms with E-state index in [2.05, 4.69) is 15.0 Å². The maximum absolute atomic E-state index is 4.15. The number of hydrogen-bond donors (Lipinski definition) is 1. The Morgan fingerprint density at radius 3 is 2.83 bits per heavy atom. The van der Waals surface area contributed by atoms with Crippen molar-refractivity contribution < 1.29 is 1.43 Å². The highest BCUT2D eigenvalue weighted by Gasteiger charge is 1.95. The zero-order valence-corrected chi connectivity index (χ0v) is 7.63. The zero-order chi connectivity index (χ0) is 8.97. The second-order valence-electron chi connectivity index (χ2n) is 2.20. The number of hydrogen-bond acceptors (Lipinski definition) is 2. The van der Waals surface area contributed by atoms with E-state index in [9.17, 15) is 0 Å². The Balaban J connectivity index is 0.000000451. The summed E-state index contributed by atoms with van der Waals surface area (Å²) in [5.74, 6) is 0.911. The number of aromatic nitrogens is 3. The Kier molecular flexibility index (Phi) is 2.80. The van der Waals surface area contributed by atoms with E-state index in [-0.39, 0.29) is 1.43 Å². The fraction of sp³-hybridized carbons (Fsp3) is 0.333. The van der Waals surface area contributed by atoms with Crippen molar-refractivity contribution in [2.24, 2.45) is 0 Å². The quantitative estimate of drug-likeness (QED) is 0.651. The second-order valence-corrected chi connectivity index (χ2v) is 2.20. The molecule has 1 N–H and O–H groups in total. The predicted molar refractivity (Wildman–Crippen MR) is 52.1 cm³/mol. The van der Waals surface area contributed by atoms with Crippen LogP contribution in [-0.4, -0.2) is 15.0 Å². The van der Waals surface area contributed by atoms with Crippen LogP contribution in [0, 0.1) is 6.92 Å². The first-order chi connectivity index (χ1) is 5.86. The summed E-state index contributed by atoms with van der Waals surface area (Å²) in [4.78, 5) is 11.3. The lowest BCUT2D eigenvalue weighted by atomic mass is 10.4.